The van der Waals surface area contributed by atoms with E-state index >= 15 is 0 Å². The van der Waals surface area contributed by atoms with Crippen molar-refractivity contribution in [3.63, 3.8) is 0 Å². The number of ether oxygens (including phenoxy) is 1. The van der Waals surface area contributed by atoms with Crippen LogP contribution in [0.3, 0.4) is 0 Å². The van der Waals surface area contributed by atoms with Crippen LogP contribution in [0, 0.1) is 0 Å². The van der Waals surface area contributed by atoms with Gasteiger partial charge in [-0.3, -0.25) is 14.1 Å². The molecule has 5 aromatic heterocycles. The van der Waals surface area contributed by atoms with E-state index in [-0.39, 0.29) is 0 Å². The zero-order chi connectivity index (χ0) is 32.5. The molecule has 0 N–H and O–H groups in total. The van der Waals surface area contributed by atoms with Crippen molar-refractivity contribution in [2.75, 3.05) is 0 Å². The zero-order valence-electron chi connectivity index (χ0n) is 26.5. The summed E-state index contributed by atoms with van der Waals surface area (Å²) in [6.45, 7) is 0. The number of aryl methyl sites for hydroxylation is 1. The van der Waals surface area contributed by atoms with Crippen molar-refractivity contribution in [1.29, 1.82) is 0 Å². The fourth-order valence-corrected chi connectivity index (χ4v) is 7.19. The summed E-state index contributed by atoms with van der Waals surface area (Å²) in [6, 6.07) is 46.0. The Morgan fingerprint density at radius 1 is 0.510 bits per heavy atom. The molecule has 5 heterocycles. The topological polar surface area (TPSA) is 62.7 Å². The molecule has 0 unspecified atom stereocenters. The largest absolute Gasteiger partial charge is 0.457 e. The number of pyridine rings is 2. The van der Waals surface area contributed by atoms with E-state index in [1.807, 2.05) is 36.5 Å². The highest BCUT2D eigenvalue weighted by atomic mass is 16.5. The lowest BCUT2D eigenvalue weighted by Gasteiger charge is -2.11. The maximum Gasteiger partial charge on any atom is 0.215 e. The van der Waals surface area contributed by atoms with Gasteiger partial charge in [-0.15, -0.1) is 0 Å². The highest BCUT2D eigenvalue weighted by Gasteiger charge is 2.19. The Balaban J connectivity index is 1.10. The van der Waals surface area contributed by atoms with Gasteiger partial charge in [-0.05, 0) is 78.4 Å². The summed E-state index contributed by atoms with van der Waals surface area (Å²) in [5.74, 6) is 3.19. The van der Waals surface area contributed by atoms with Crippen LogP contribution < -0.4 is 4.74 Å². The number of hydrogen-bond acceptors (Lipinski definition) is 4. The molecule has 0 bridgehead atoms. The SMILES string of the molecule is Cn1c(-n2c3ccccc3c3ccc(Oc4ccc5c6ccccc6n(-c6ccc(-c7ccncc7)cn6)c5c4)cc32)nc2ccccc21. The van der Waals surface area contributed by atoms with E-state index in [4.69, 9.17) is 14.7 Å². The third kappa shape index (κ3) is 4.26. The van der Waals surface area contributed by atoms with Crippen LogP contribution in [-0.4, -0.2) is 28.7 Å². The second kappa shape index (κ2) is 10.7. The third-order valence-electron chi connectivity index (χ3n) is 9.48. The minimum atomic E-state index is 0.745. The Morgan fingerprint density at radius 2 is 1.10 bits per heavy atom. The van der Waals surface area contributed by atoms with Crippen LogP contribution in [-0.2, 0) is 7.05 Å². The fraction of sp³-hybridized carbons (Fsp3) is 0.0238. The molecular formula is C42H28N6O. The first-order valence-electron chi connectivity index (χ1n) is 16.2. The molecule has 0 aliphatic carbocycles. The molecule has 10 aromatic rings. The number of para-hydroxylation sites is 4. The van der Waals surface area contributed by atoms with Crippen molar-refractivity contribution in [2.24, 2.45) is 7.05 Å². The maximum atomic E-state index is 6.65. The molecule has 7 nitrogen and oxygen atoms in total. The van der Waals surface area contributed by atoms with Gasteiger partial charge < -0.3 is 9.30 Å². The number of aromatic nitrogens is 6. The molecule has 0 aliphatic heterocycles. The fourth-order valence-electron chi connectivity index (χ4n) is 7.19. The van der Waals surface area contributed by atoms with Crippen molar-refractivity contribution in [2.45, 2.75) is 0 Å². The number of hydrogen-bond donors (Lipinski definition) is 0. The van der Waals surface area contributed by atoms with E-state index in [0.717, 1.165) is 83.7 Å². The first kappa shape index (κ1) is 27.4. The van der Waals surface area contributed by atoms with E-state index < -0.39 is 0 Å². The van der Waals surface area contributed by atoms with Crippen LogP contribution in [0.25, 0.3) is 77.5 Å². The summed E-state index contributed by atoms with van der Waals surface area (Å²) in [5.41, 5.74) is 8.42. The monoisotopic (exact) mass is 632 g/mol. The molecule has 0 spiro atoms. The quantitative estimate of drug-likeness (QED) is 0.189. The van der Waals surface area contributed by atoms with Gasteiger partial charge in [0.1, 0.15) is 17.3 Å². The van der Waals surface area contributed by atoms with E-state index in [2.05, 4.69) is 129 Å². The van der Waals surface area contributed by atoms with Crippen LogP contribution in [0.1, 0.15) is 0 Å². The summed E-state index contributed by atoms with van der Waals surface area (Å²) >= 11 is 0. The Labute approximate surface area is 280 Å². The first-order chi connectivity index (χ1) is 24.2. The maximum absolute atomic E-state index is 6.65. The van der Waals surface area contributed by atoms with Crippen molar-refractivity contribution in [1.82, 2.24) is 28.7 Å². The van der Waals surface area contributed by atoms with E-state index in [1.54, 1.807) is 12.4 Å². The molecule has 7 heteroatoms. The third-order valence-corrected chi connectivity index (χ3v) is 9.48. The Hall–Kier alpha value is -6.73. The summed E-state index contributed by atoms with van der Waals surface area (Å²) < 4.78 is 13.3. The van der Waals surface area contributed by atoms with Gasteiger partial charge in [-0.1, -0.05) is 48.5 Å². The van der Waals surface area contributed by atoms with Crippen molar-refractivity contribution in [3.05, 3.63) is 152 Å². The lowest BCUT2D eigenvalue weighted by molar-refractivity contribution is 0.484. The zero-order valence-corrected chi connectivity index (χ0v) is 26.5. The lowest BCUT2D eigenvalue weighted by atomic mass is 10.1. The predicted octanol–water partition coefficient (Wildman–Crippen LogP) is 10.0. The van der Waals surface area contributed by atoms with Crippen molar-refractivity contribution >= 4 is 54.6 Å². The van der Waals surface area contributed by atoms with Crippen molar-refractivity contribution in [3.8, 4) is 34.4 Å². The lowest BCUT2D eigenvalue weighted by Crippen LogP contribution is -2.03. The van der Waals surface area contributed by atoms with Gasteiger partial charge in [0.2, 0.25) is 5.95 Å². The van der Waals surface area contributed by atoms with Gasteiger partial charge in [-0.25, -0.2) is 9.97 Å². The highest BCUT2D eigenvalue weighted by molar-refractivity contribution is 6.10. The van der Waals surface area contributed by atoms with Crippen LogP contribution >= 0.6 is 0 Å². The van der Waals surface area contributed by atoms with Crippen LogP contribution in [0.5, 0.6) is 11.5 Å². The molecule has 0 amide bonds. The second-order valence-corrected chi connectivity index (χ2v) is 12.3. The number of nitrogens with zero attached hydrogens (tertiary/aromatic N) is 6. The van der Waals surface area contributed by atoms with Gasteiger partial charge in [-0.2, -0.15) is 0 Å². The van der Waals surface area contributed by atoms with E-state index in [0.29, 0.717) is 0 Å². The number of benzene rings is 5. The van der Waals surface area contributed by atoms with E-state index in [1.165, 1.54) is 5.39 Å². The first-order valence-corrected chi connectivity index (χ1v) is 16.2. The van der Waals surface area contributed by atoms with Gasteiger partial charge in [0, 0.05) is 64.9 Å². The number of rotatable bonds is 5. The molecule has 0 fully saturated rings. The molecular weight excluding hydrogens is 605 g/mol. The van der Waals surface area contributed by atoms with Gasteiger partial charge in [0.05, 0.1) is 33.1 Å². The standard InChI is InChI=1S/C42H28N6O/c1-46-38-13-7-4-10-35(38)45-42(46)48-37-12-6-3-9-32(37)34-18-16-30(25-40(34)48)49-29-15-17-33-31-8-2-5-11-36(31)47(39(33)24-29)41-19-14-28(26-44-41)27-20-22-43-23-21-27/h2-26H,1H3. The average Bonchev–Trinajstić information content (AvgIpc) is 3.78. The smallest absolute Gasteiger partial charge is 0.215 e. The van der Waals surface area contributed by atoms with Gasteiger partial charge >= 0.3 is 0 Å². The van der Waals surface area contributed by atoms with Crippen molar-refractivity contribution < 1.29 is 4.74 Å². The van der Waals surface area contributed by atoms with Gasteiger partial charge in [0.15, 0.2) is 0 Å². The van der Waals surface area contributed by atoms with Crippen LogP contribution in [0.4, 0.5) is 0 Å². The molecule has 49 heavy (non-hydrogen) atoms. The summed E-state index contributed by atoms with van der Waals surface area (Å²) in [5, 5.41) is 4.62. The average molecular weight is 633 g/mol. The molecule has 5 aromatic carbocycles. The molecule has 0 atom stereocenters. The molecule has 232 valence electrons. The minimum absolute atomic E-state index is 0.745. The van der Waals surface area contributed by atoms with Crippen LogP contribution in [0.2, 0.25) is 0 Å². The normalized spacial score (nSPS) is 11.8. The molecule has 0 saturated carbocycles. The Kier molecular flexibility index (Phi) is 5.95. The van der Waals surface area contributed by atoms with Crippen LogP contribution in [0.15, 0.2) is 152 Å². The Morgan fingerprint density at radius 3 is 1.76 bits per heavy atom. The molecule has 0 radical (unpaired) electrons. The number of imidazole rings is 1. The summed E-state index contributed by atoms with van der Waals surface area (Å²) in [7, 11) is 2.07. The van der Waals surface area contributed by atoms with E-state index in [9.17, 15) is 0 Å². The minimum Gasteiger partial charge on any atom is -0.457 e. The summed E-state index contributed by atoms with van der Waals surface area (Å²) in [4.78, 5) is 14.1. The molecule has 0 aliphatic rings. The van der Waals surface area contributed by atoms with Gasteiger partial charge in [0.25, 0.3) is 0 Å². The second-order valence-electron chi connectivity index (χ2n) is 12.3. The Bertz CT molecular complexity index is 2860. The predicted molar refractivity (Wildman–Crippen MR) is 197 cm³/mol. The molecule has 0 saturated heterocycles. The number of fused-ring (bicyclic) bond motifs is 7. The molecule has 10 rings (SSSR count). The summed E-state index contributed by atoms with van der Waals surface area (Å²) in [6.07, 6.45) is 5.52. The highest BCUT2D eigenvalue weighted by Crippen LogP contribution is 2.38.